The Balaban J connectivity index is 1.10. The maximum Gasteiger partial charge on any atom is 0.410 e. The van der Waals surface area contributed by atoms with Gasteiger partial charge in [0.2, 0.25) is 5.91 Å². The van der Waals surface area contributed by atoms with Crippen LogP contribution >= 0.6 is 0 Å². The molecule has 10 heteroatoms. The molecule has 274 valence electrons. The Bertz CT molecular complexity index is 1710. The maximum atomic E-state index is 14.4. The van der Waals surface area contributed by atoms with E-state index >= 15 is 0 Å². The van der Waals surface area contributed by atoms with Crippen LogP contribution in [0.3, 0.4) is 0 Å². The van der Waals surface area contributed by atoms with Gasteiger partial charge in [-0.05, 0) is 99.8 Å². The molecule has 3 unspecified atom stereocenters. The van der Waals surface area contributed by atoms with Crippen molar-refractivity contribution in [2.75, 3.05) is 38.3 Å². The number of hydrogen-bond donors (Lipinski definition) is 1. The molecule has 2 amide bonds. The lowest BCUT2D eigenvalue weighted by molar-refractivity contribution is -0.123. The second-order valence-electron chi connectivity index (χ2n) is 16.4. The Kier molecular flexibility index (Phi) is 10.2. The number of ether oxygens (including phenoxy) is 2. The molecule has 1 aliphatic heterocycles. The molecule has 3 aromatic rings. The number of amides is 2. The number of aryl methyl sites for hydroxylation is 1. The number of methoxy groups -OCH3 is 1. The van der Waals surface area contributed by atoms with Crippen LogP contribution in [0.4, 0.5) is 10.5 Å². The number of carbonyl (C=O) groups is 2. The zero-order valence-corrected chi connectivity index (χ0v) is 30.9. The zero-order valence-electron chi connectivity index (χ0n) is 30.9. The molecule has 10 nitrogen and oxygen atoms in total. The highest BCUT2D eigenvalue weighted by Crippen LogP contribution is 2.53. The van der Waals surface area contributed by atoms with Gasteiger partial charge in [-0.2, -0.15) is 5.10 Å². The Morgan fingerprint density at radius 1 is 1.00 bits per heavy atom. The van der Waals surface area contributed by atoms with E-state index in [4.69, 9.17) is 9.47 Å². The molecule has 4 aliphatic rings. The van der Waals surface area contributed by atoms with Gasteiger partial charge in [-0.25, -0.2) is 4.79 Å². The van der Waals surface area contributed by atoms with Crippen LogP contribution in [0.1, 0.15) is 95.6 Å². The topological polar surface area (TPSA) is 110 Å². The fraction of sp³-hybridized carbons (Fsp3) is 0.610. The molecule has 3 heterocycles. The van der Waals surface area contributed by atoms with Gasteiger partial charge in [-0.3, -0.25) is 14.5 Å². The van der Waals surface area contributed by atoms with Crippen molar-refractivity contribution in [1.82, 2.24) is 19.7 Å². The van der Waals surface area contributed by atoms with E-state index in [1.165, 1.54) is 48.1 Å². The van der Waals surface area contributed by atoms with Crippen LogP contribution in [0.5, 0.6) is 5.75 Å². The van der Waals surface area contributed by atoms with E-state index in [0.717, 1.165) is 67.6 Å². The summed E-state index contributed by atoms with van der Waals surface area (Å²) in [6.45, 7) is 7.58. The fourth-order valence-electron chi connectivity index (χ4n) is 9.25. The number of pyridine rings is 1. The minimum Gasteiger partial charge on any atom is -0.496 e. The van der Waals surface area contributed by atoms with Gasteiger partial charge in [0.05, 0.1) is 49.9 Å². The lowest BCUT2D eigenvalue weighted by Gasteiger charge is -2.50. The highest BCUT2D eigenvalue weighted by molar-refractivity contribution is 5.95. The molecule has 4 fully saturated rings. The highest BCUT2D eigenvalue weighted by atomic mass is 16.6. The SMILES string of the molecule is COc1ccc(C23CCCC(C2)C(CN(C(=O)C2CCCCC2)c2cncc(-c4cnn(C(C)(C)COC(=O)N5CC(O)C5)c4)c2)CC3)cc1C. The van der Waals surface area contributed by atoms with Gasteiger partial charge in [-0.1, -0.05) is 44.2 Å². The minimum atomic E-state index is -0.591. The van der Waals surface area contributed by atoms with Crippen molar-refractivity contribution in [1.29, 1.82) is 0 Å². The van der Waals surface area contributed by atoms with Crippen LogP contribution in [0.15, 0.2) is 49.1 Å². The first-order chi connectivity index (χ1) is 24.5. The van der Waals surface area contributed by atoms with Crippen molar-refractivity contribution < 1.29 is 24.2 Å². The first-order valence-electron chi connectivity index (χ1n) is 19.1. The number of aliphatic hydroxyl groups excluding tert-OH is 1. The molecule has 2 aromatic heterocycles. The van der Waals surface area contributed by atoms with E-state index in [1.54, 1.807) is 7.11 Å². The van der Waals surface area contributed by atoms with Crippen LogP contribution < -0.4 is 9.64 Å². The summed E-state index contributed by atoms with van der Waals surface area (Å²) in [4.78, 5) is 35.1. The van der Waals surface area contributed by atoms with Crippen molar-refractivity contribution in [2.45, 2.75) is 108 Å². The number of hydrogen-bond acceptors (Lipinski definition) is 7. The molecular weight excluding hydrogens is 642 g/mol. The Hall–Kier alpha value is -3.92. The van der Waals surface area contributed by atoms with Gasteiger partial charge in [0, 0.05) is 36.0 Å². The molecule has 0 spiro atoms. The molecule has 3 aliphatic carbocycles. The Morgan fingerprint density at radius 3 is 2.55 bits per heavy atom. The standard InChI is InChI=1S/C41H55N5O5/c1-28-17-34(12-13-37(28)50-4)41-15-8-11-30(19-41)31(14-16-41)23-45(38(48)29-9-6-5-7-10-29)35-18-32(20-42-22-35)33-21-43-46(24-33)40(2,3)27-51-39(49)44-25-36(47)26-44/h12-13,17-18,20-22,24,29-31,36,47H,5-11,14-16,19,23,25-27H2,1-4H3. The van der Waals surface area contributed by atoms with Gasteiger partial charge in [-0.15, -0.1) is 0 Å². The molecule has 2 bridgehead atoms. The highest BCUT2D eigenvalue weighted by Gasteiger charge is 2.45. The van der Waals surface area contributed by atoms with Crippen LogP contribution in [0, 0.1) is 24.7 Å². The molecule has 1 N–H and O–H groups in total. The number of β-amino-alcohol motifs (C(OH)–C–C–N with tert-alkyl or cyclic N) is 1. The van der Waals surface area contributed by atoms with Crippen molar-refractivity contribution in [3.8, 4) is 16.9 Å². The summed E-state index contributed by atoms with van der Waals surface area (Å²) in [7, 11) is 1.74. The summed E-state index contributed by atoms with van der Waals surface area (Å²) < 4.78 is 13.0. The van der Waals surface area contributed by atoms with Crippen molar-refractivity contribution in [3.63, 3.8) is 0 Å². The third kappa shape index (κ3) is 7.39. The average Bonchev–Trinajstić information content (AvgIpc) is 3.65. The molecule has 1 aromatic carbocycles. The second-order valence-corrected chi connectivity index (χ2v) is 16.4. The molecule has 0 radical (unpaired) electrons. The van der Waals surface area contributed by atoms with Gasteiger partial charge < -0.3 is 24.4 Å². The first kappa shape index (κ1) is 35.5. The summed E-state index contributed by atoms with van der Waals surface area (Å²) >= 11 is 0. The van der Waals surface area contributed by atoms with E-state index in [2.05, 4.69) is 46.2 Å². The predicted octanol–water partition coefficient (Wildman–Crippen LogP) is 7.26. The summed E-state index contributed by atoms with van der Waals surface area (Å²) in [5.41, 5.74) is 4.92. The molecule has 1 saturated heterocycles. The van der Waals surface area contributed by atoms with Crippen LogP contribution in [-0.4, -0.2) is 76.2 Å². The monoisotopic (exact) mass is 697 g/mol. The number of anilines is 1. The predicted molar refractivity (Wildman–Crippen MR) is 197 cm³/mol. The molecular formula is C41H55N5O5. The summed E-state index contributed by atoms with van der Waals surface area (Å²) in [6.07, 6.45) is 19.0. The molecule has 3 atom stereocenters. The average molecular weight is 698 g/mol. The van der Waals surface area contributed by atoms with Crippen LogP contribution in [-0.2, 0) is 20.5 Å². The van der Waals surface area contributed by atoms with Gasteiger partial charge >= 0.3 is 6.09 Å². The maximum absolute atomic E-state index is 14.4. The third-order valence-corrected chi connectivity index (χ3v) is 12.4. The van der Waals surface area contributed by atoms with Crippen molar-refractivity contribution >= 4 is 17.7 Å². The van der Waals surface area contributed by atoms with Crippen molar-refractivity contribution in [3.05, 3.63) is 60.2 Å². The van der Waals surface area contributed by atoms with Gasteiger partial charge in [0.1, 0.15) is 12.4 Å². The van der Waals surface area contributed by atoms with Crippen molar-refractivity contribution in [2.24, 2.45) is 17.8 Å². The smallest absolute Gasteiger partial charge is 0.410 e. The van der Waals surface area contributed by atoms with E-state index in [1.807, 2.05) is 43.3 Å². The van der Waals surface area contributed by atoms with E-state index in [0.29, 0.717) is 24.9 Å². The van der Waals surface area contributed by atoms with Crippen LogP contribution in [0.2, 0.25) is 0 Å². The first-order valence-corrected chi connectivity index (χ1v) is 19.1. The molecule has 7 rings (SSSR count). The number of rotatable bonds is 10. The number of benzene rings is 1. The van der Waals surface area contributed by atoms with Gasteiger partial charge in [0.15, 0.2) is 0 Å². The number of likely N-dealkylation sites (tertiary alicyclic amines) is 1. The summed E-state index contributed by atoms with van der Waals surface area (Å²) in [6, 6.07) is 8.89. The van der Waals surface area contributed by atoms with E-state index in [9.17, 15) is 14.7 Å². The minimum absolute atomic E-state index is 0.0597. The third-order valence-electron chi connectivity index (χ3n) is 12.4. The lowest BCUT2D eigenvalue weighted by atomic mass is 9.56. The quantitative estimate of drug-likeness (QED) is 0.238. The zero-order chi connectivity index (χ0) is 35.8. The molecule has 51 heavy (non-hydrogen) atoms. The van der Waals surface area contributed by atoms with Crippen LogP contribution in [0.25, 0.3) is 11.1 Å². The number of nitrogens with zero attached hydrogens (tertiary/aromatic N) is 5. The lowest BCUT2D eigenvalue weighted by Crippen LogP contribution is -2.54. The van der Waals surface area contributed by atoms with Gasteiger partial charge in [0.25, 0.3) is 0 Å². The number of carbonyl (C=O) groups excluding carboxylic acids is 2. The number of aromatic nitrogens is 3. The number of fused-ring (bicyclic) bond motifs is 2. The number of aliphatic hydroxyl groups is 1. The summed E-state index contributed by atoms with van der Waals surface area (Å²) in [5, 5.41) is 14.2. The normalized spacial score (nSPS) is 24.1. The molecule has 3 saturated carbocycles. The Morgan fingerprint density at radius 2 is 1.80 bits per heavy atom. The second kappa shape index (κ2) is 14.6. The van der Waals surface area contributed by atoms with E-state index in [-0.39, 0.29) is 23.8 Å². The van der Waals surface area contributed by atoms with E-state index < -0.39 is 17.7 Å². The Labute approximate surface area is 302 Å². The fourth-order valence-corrected chi connectivity index (χ4v) is 9.25. The summed E-state index contributed by atoms with van der Waals surface area (Å²) in [5.74, 6) is 2.28. The largest absolute Gasteiger partial charge is 0.496 e.